The molecule has 0 spiro atoms. The van der Waals surface area contributed by atoms with Gasteiger partial charge < -0.3 is 42.1 Å². The third-order valence-electron chi connectivity index (χ3n) is 4.15. The van der Waals surface area contributed by atoms with Crippen molar-refractivity contribution in [2.24, 2.45) is 11.7 Å². The summed E-state index contributed by atoms with van der Waals surface area (Å²) in [7, 11) is 0. The summed E-state index contributed by atoms with van der Waals surface area (Å²) in [4.78, 5) is 69.9. The van der Waals surface area contributed by atoms with Crippen LogP contribution in [0.5, 0.6) is 0 Å². The molecule has 0 radical (unpaired) electrons. The molecular weight excluding hydrogens is 432 g/mol. The average molecular weight is 462 g/mol. The molecule has 14 heteroatoms. The number of carbonyl (C=O) groups excluding carboxylic acids is 3. The van der Waals surface area contributed by atoms with Crippen LogP contribution in [0.15, 0.2) is 0 Å². The summed E-state index contributed by atoms with van der Waals surface area (Å²) in [6.07, 6.45) is -1.53. The van der Waals surface area contributed by atoms with Crippen LogP contribution in [0, 0.1) is 5.92 Å². The molecule has 0 bridgehead atoms. The van der Waals surface area contributed by atoms with E-state index in [4.69, 9.17) is 26.2 Å². The molecule has 0 heterocycles. The minimum Gasteiger partial charge on any atom is -0.481 e. The van der Waals surface area contributed by atoms with Crippen LogP contribution in [-0.2, 0) is 28.8 Å². The summed E-state index contributed by atoms with van der Waals surface area (Å²) in [5.74, 6) is -7.10. The highest BCUT2D eigenvalue weighted by Crippen LogP contribution is 2.08. The number of nitrogens with one attached hydrogen (secondary N) is 3. The van der Waals surface area contributed by atoms with Crippen LogP contribution in [0.2, 0.25) is 0 Å². The Labute approximate surface area is 183 Å². The van der Waals surface area contributed by atoms with E-state index in [2.05, 4.69) is 10.6 Å². The summed E-state index contributed by atoms with van der Waals surface area (Å²) in [6, 6.07) is -5.81. The van der Waals surface area contributed by atoms with Gasteiger partial charge in [-0.15, -0.1) is 0 Å². The lowest BCUT2D eigenvalue weighted by molar-refractivity contribution is -0.144. The first kappa shape index (κ1) is 28.7. The Kier molecular flexibility index (Phi) is 12.5. The Balaban J connectivity index is 5.49. The molecule has 0 saturated heterocycles. The molecule has 0 aliphatic carbocycles. The number of carbonyl (C=O) groups is 6. The van der Waals surface area contributed by atoms with Gasteiger partial charge in [0.25, 0.3) is 0 Å². The lowest BCUT2D eigenvalue weighted by Crippen LogP contribution is -2.57. The molecule has 14 nitrogen and oxygen atoms in total. The number of aliphatic hydroxyl groups excluding tert-OH is 1. The summed E-state index contributed by atoms with van der Waals surface area (Å²) in [6.45, 7) is 2.53. The highest BCUT2D eigenvalue weighted by atomic mass is 16.4. The number of hydrogen-bond acceptors (Lipinski definition) is 8. The zero-order chi connectivity index (χ0) is 25.0. The molecule has 0 aliphatic rings. The van der Waals surface area contributed by atoms with Crippen LogP contribution in [-0.4, -0.2) is 86.8 Å². The largest absolute Gasteiger partial charge is 0.481 e. The van der Waals surface area contributed by atoms with Crippen molar-refractivity contribution < 1.29 is 49.2 Å². The number of nitrogens with two attached hydrogens (primary N) is 1. The van der Waals surface area contributed by atoms with Crippen LogP contribution in [0.1, 0.15) is 39.5 Å². The quantitative estimate of drug-likeness (QED) is 0.124. The fourth-order valence-corrected chi connectivity index (χ4v) is 2.53. The fourth-order valence-electron chi connectivity index (χ4n) is 2.53. The Bertz CT molecular complexity index is 712. The second-order valence-corrected chi connectivity index (χ2v) is 7.47. The number of aliphatic hydroxyl groups is 1. The standard InChI is InChI=1S/C18H30N4O10/c1-8(2)5-11(21-15(28)9(19)6-14(26)27)17(30)20-10(3-4-13(24)25)16(29)22-12(7-23)18(31)32/h8-12,23H,3-7,19H2,1-2H3,(H,20,30)(H,21,28)(H,22,29)(H,24,25)(H,26,27)(H,31,32). The van der Waals surface area contributed by atoms with E-state index >= 15 is 0 Å². The van der Waals surface area contributed by atoms with E-state index in [0.29, 0.717) is 0 Å². The highest BCUT2D eigenvalue weighted by Gasteiger charge is 2.31. The number of aliphatic carboxylic acids is 3. The van der Waals surface area contributed by atoms with Crippen LogP contribution >= 0.6 is 0 Å². The van der Waals surface area contributed by atoms with E-state index in [9.17, 15) is 28.8 Å². The Morgan fingerprint density at radius 1 is 0.781 bits per heavy atom. The maximum absolute atomic E-state index is 12.7. The first-order valence-electron chi connectivity index (χ1n) is 9.72. The Hall–Kier alpha value is -3.26. The van der Waals surface area contributed by atoms with E-state index in [1.54, 1.807) is 13.8 Å². The zero-order valence-electron chi connectivity index (χ0n) is 17.7. The third kappa shape index (κ3) is 11.2. The summed E-state index contributed by atoms with van der Waals surface area (Å²) < 4.78 is 0. The summed E-state index contributed by atoms with van der Waals surface area (Å²) in [5, 5.41) is 42.2. The number of carboxylic acid groups (broad SMARTS) is 3. The molecule has 0 rings (SSSR count). The second-order valence-electron chi connectivity index (χ2n) is 7.47. The van der Waals surface area contributed by atoms with Crippen molar-refractivity contribution >= 4 is 35.6 Å². The van der Waals surface area contributed by atoms with E-state index in [1.807, 2.05) is 5.32 Å². The van der Waals surface area contributed by atoms with Crippen LogP contribution < -0.4 is 21.7 Å². The van der Waals surface area contributed by atoms with Crippen molar-refractivity contribution in [3.63, 3.8) is 0 Å². The molecule has 0 aromatic rings. The van der Waals surface area contributed by atoms with Crippen molar-refractivity contribution in [3.05, 3.63) is 0 Å². The molecule has 4 atom stereocenters. The number of rotatable bonds is 15. The van der Waals surface area contributed by atoms with Crippen molar-refractivity contribution in [1.82, 2.24) is 16.0 Å². The molecule has 0 fully saturated rings. The minimum atomic E-state index is -1.67. The van der Waals surface area contributed by atoms with Crippen LogP contribution in [0.4, 0.5) is 0 Å². The van der Waals surface area contributed by atoms with Gasteiger partial charge in [0.15, 0.2) is 0 Å². The lowest BCUT2D eigenvalue weighted by Gasteiger charge is -2.25. The van der Waals surface area contributed by atoms with Gasteiger partial charge in [-0.2, -0.15) is 0 Å². The van der Waals surface area contributed by atoms with Crippen molar-refractivity contribution in [3.8, 4) is 0 Å². The second kappa shape index (κ2) is 13.9. The number of carboxylic acids is 3. The highest BCUT2D eigenvalue weighted by molar-refractivity contribution is 5.94. The van der Waals surface area contributed by atoms with Crippen molar-refractivity contribution in [2.45, 2.75) is 63.7 Å². The third-order valence-corrected chi connectivity index (χ3v) is 4.15. The average Bonchev–Trinajstić information content (AvgIpc) is 2.66. The SMILES string of the molecule is CC(C)CC(NC(=O)C(N)CC(=O)O)C(=O)NC(CCC(=O)O)C(=O)NC(CO)C(=O)O. The number of amides is 3. The zero-order valence-corrected chi connectivity index (χ0v) is 17.7. The minimum absolute atomic E-state index is 0.0824. The van der Waals surface area contributed by atoms with Crippen LogP contribution in [0.3, 0.4) is 0 Å². The maximum Gasteiger partial charge on any atom is 0.328 e. The molecule has 0 aromatic heterocycles. The van der Waals surface area contributed by atoms with Gasteiger partial charge in [0.05, 0.1) is 19.1 Å². The van der Waals surface area contributed by atoms with Crippen molar-refractivity contribution in [2.75, 3.05) is 6.61 Å². The molecule has 182 valence electrons. The van der Waals surface area contributed by atoms with E-state index in [0.717, 1.165) is 0 Å². The van der Waals surface area contributed by atoms with Crippen molar-refractivity contribution in [1.29, 1.82) is 0 Å². The van der Waals surface area contributed by atoms with Gasteiger partial charge in [-0.1, -0.05) is 13.8 Å². The Morgan fingerprint density at radius 3 is 1.72 bits per heavy atom. The fraction of sp³-hybridized carbons (Fsp3) is 0.667. The van der Waals surface area contributed by atoms with E-state index < -0.39 is 85.7 Å². The van der Waals surface area contributed by atoms with Gasteiger partial charge in [-0.25, -0.2) is 4.79 Å². The topological polar surface area (TPSA) is 245 Å². The normalized spacial score (nSPS) is 14.5. The lowest BCUT2D eigenvalue weighted by atomic mass is 10.0. The molecule has 4 unspecified atom stereocenters. The van der Waals surface area contributed by atoms with Gasteiger partial charge in [0.1, 0.15) is 18.1 Å². The molecule has 0 saturated carbocycles. The first-order valence-corrected chi connectivity index (χ1v) is 9.72. The van der Waals surface area contributed by atoms with E-state index in [-0.39, 0.29) is 12.3 Å². The summed E-state index contributed by atoms with van der Waals surface area (Å²) in [5.41, 5.74) is 5.49. The molecule has 3 amide bonds. The van der Waals surface area contributed by atoms with Gasteiger partial charge in [-0.05, 0) is 18.8 Å². The predicted molar refractivity (Wildman–Crippen MR) is 107 cm³/mol. The predicted octanol–water partition coefficient (Wildman–Crippen LogP) is -2.77. The molecule has 32 heavy (non-hydrogen) atoms. The van der Waals surface area contributed by atoms with E-state index in [1.165, 1.54) is 0 Å². The first-order chi connectivity index (χ1) is 14.8. The summed E-state index contributed by atoms with van der Waals surface area (Å²) >= 11 is 0. The van der Waals surface area contributed by atoms with Gasteiger partial charge in [0.2, 0.25) is 17.7 Å². The smallest absolute Gasteiger partial charge is 0.328 e. The van der Waals surface area contributed by atoms with Crippen LogP contribution in [0.25, 0.3) is 0 Å². The van der Waals surface area contributed by atoms with Gasteiger partial charge in [0, 0.05) is 6.42 Å². The monoisotopic (exact) mass is 462 g/mol. The molecule has 9 N–H and O–H groups in total. The Morgan fingerprint density at radius 2 is 1.28 bits per heavy atom. The molecule has 0 aromatic carbocycles. The van der Waals surface area contributed by atoms with Gasteiger partial charge >= 0.3 is 17.9 Å². The number of hydrogen-bond donors (Lipinski definition) is 8. The molecule has 0 aliphatic heterocycles. The molecular formula is C18H30N4O10. The van der Waals surface area contributed by atoms with Gasteiger partial charge in [-0.3, -0.25) is 24.0 Å². The maximum atomic E-state index is 12.7.